The van der Waals surface area contributed by atoms with Gasteiger partial charge in [-0.1, -0.05) is 29.8 Å². The van der Waals surface area contributed by atoms with Gasteiger partial charge in [-0.15, -0.1) is 0 Å². The lowest BCUT2D eigenvalue weighted by atomic mass is 10.2. The summed E-state index contributed by atoms with van der Waals surface area (Å²) in [6.45, 7) is 1.97. The minimum absolute atomic E-state index is 0.349. The summed E-state index contributed by atoms with van der Waals surface area (Å²) in [5, 5.41) is 1.13. The molecule has 0 aliphatic heterocycles. The fourth-order valence-electron chi connectivity index (χ4n) is 1.92. The zero-order chi connectivity index (χ0) is 16.9. The maximum atomic E-state index is 12.2. The topological polar surface area (TPSA) is 64.6 Å². The average molecular weight is 333 g/mol. The Bertz CT molecular complexity index is 796. The zero-order valence-electron chi connectivity index (χ0n) is 13.2. The van der Waals surface area contributed by atoms with Crippen LogP contribution in [0.1, 0.15) is 11.1 Å². The summed E-state index contributed by atoms with van der Waals surface area (Å²) in [6, 6.07) is 12.4. The first-order chi connectivity index (χ1) is 10.9. The fourth-order valence-corrected chi connectivity index (χ4v) is 2.80. The van der Waals surface area contributed by atoms with Crippen LogP contribution in [-0.4, -0.2) is 22.6 Å². The van der Waals surface area contributed by atoms with Gasteiger partial charge in [0, 0.05) is 6.07 Å². The second kappa shape index (κ2) is 7.19. The smallest absolute Gasteiger partial charge is 0.255 e. The highest BCUT2D eigenvalue weighted by molar-refractivity contribution is 7.95. The molecule has 0 aliphatic rings. The summed E-state index contributed by atoms with van der Waals surface area (Å²) < 4.78 is 37.1. The normalized spacial score (nSPS) is 11.4. The molecule has 5 nitrogen and oxygen atoms in total. The number of benzene rings is 2. The van der Waals surface area contributed by atoms with Gasteiger partial charge >= 0.3 is 0 Å². The minimum Gasteiger partial charge on any atom is -0.497 e. The van der Waals surface area contributed by atoms with Crippen LogP contribution in [0.15, 0.2) is 47.9 Å². The van der Waals surface area contributed by atoms with E-state index in [0.29, 0.717) is 17.2 Å². The number of aryl methyl sites for hydroxylation is 1. The number of rotatable bonds is 6. The standard InChI is InChI=1S/C17H19NO4S/c1-13-4-6-14(7-5-13)10-11-23(19,20)18-16-9-8-15(21-2)12-17(16)22-3/h4-12,18H,1-3H3/b11-10+. The number of hydrogen-bond donors (Lipinski definition) is 1. The highest BCUT2D eigenvalue weighted by Crippen LogP contribution is 2.29. The van der Waals surface area contributed by atoms with E-state index in [1.807, 2.05) is 31.2 Å². The van der Waals surface area contributed by atoms with E-state index in [1.54, 1.807) is 18.2 Å². The summed E-state index contributed by atoms with van der Waals surface area (Å²) in [5.74, 6) is 0.969. The summed E-state index contributed by atoms with van der Waals surface area (Å²) in [5.41, 5.74) is 2.27. The predicted molar refractivity (Wildman–Crippen MR) is 92.3 cm³/mol. The SMILES string of the molecule is COc1ccc(NS(=O)(=O)/C=C/c2ccc(C)cc2)c(OC)c1. The Morgan fingerprint density at radius 3 is 2.30 bits per heavy atom. The Hall–Kier alpha value is -2.47. The third-order valence-electron chi connectivity index (χ3n) is 3.18. The molecule has 0 amide bonds. The van der Waals surface area contributed by atoms with Gasteiger partial charge in [-0.2, -0.15) is 0 Å². The van der Waals surface area contributed by atoms with E-state index in [9.17, 15) is 8.42 Å². The van der Waals surface area contributed by atoms with Crippen LogP contribution in [0, 0.1) is 6.92 Å². The van der Waals surface area contributed by atoms with Crippen molar-refractivity contribution < 1.29 is 17.9 Å². The average Bonchev–Trinajstić information content (AvgIpc) is 2.54. The van der Waals surface area contributed by atoms with Crippen molar-refractivity contribution in [1.29, 1.82) is 0 Å². The molecule has 0 fully saturated rings. The molecule has 0 saturated carbocycles. The molecule has 6 heteroatoms. The Morgan fingerprint density at radius 2 is 1.70 bits per heavy atom. The van der Waals surface area contributed by atoms with Crippen LogP contribution >= 0.6 is 0 Å². The summed E-state index contributed by atoms with van der Waals surface area (Å²) in [6.07, 6.45) is 1.54. The molecular formula is C17H19NO4S. The summed E-state index contributed by atoms with van der Waals surface area (Å²) >= 11 is 0. The second-order valence-corrected chi connectivity index (χ2v) is 6.49. The Labute approximate surface area is 136 Å². The molecule has 1 N–H and O–H groups in total. The minimum atomic E-state index is -3.65. The predicted octanol–water partition coefficient (Wildman–Crippen LogP) is 3.42. The number of nitrogens with one attached hydrogen (secondary N) is 1. The maximum Gasteiger partial charge on any atom is 0.255 e. The van der Waals surface area contributed by atoms with Crippen LogP contribution in [0.2, 0.25) is 0 Å². The van der Waals surface area contributed by atoms with Crippen LogP contribution in [-0.2, 0) is 10.0 Å². The Morgan fingerprint density at radius 1 is 1.00 bits per heavy atom. The van der Waals surface area contributed by atoms with Crippen LogP contribution < -0.4 is 14.2 Å². The fraction of sp³-hybridized carbons (Fsp3) is 0.176. The molecule has 122 valence electrons. The monoisotopic (exact) mass is 333 g/mol. The molecule has 0 bridgehead atoms. The van der Waals surface area contributed by atoms with Gasteiger partial charge in [0.25, 0.3) is 10.0 Å². The molecule has 0 aromatic heterocycles. The second-order valence-electron chi connectivity index (χ2n) is 4.93. The highest BCUT2D eigenvalue weighted by Gasteiger charge is 2.11. The number of methoxy groups -OCH3 is 2. The van der Waals surface area contributed by atoms with Crippen molar-refractivity contribution in [2.45, 2.75) is 6.92 Å². The molecule has 23 heavy (non-hydrogen) atoms. The van der Waals surface area contributed by atoms with Crippen molar-refractivity contribution in [1.82, 2.24) is 0 Å². The van der Waals surface area contributed by atoms with Crippen molar-refractivity contribution in [3.05, 3.63) is 59.0 Å². The third-order valence-corrected chi connectivity index (χ3v) is 4.18. The van der Waals surface area contributed by atoms with E-state index < -0.39 is 10.0 Å². The number of sulfonamides is 1. The number of anilines is 1. The van der Waals surface area contributed by atoms with E-state index in [4.69, 9.17) is 9.47 Å². The van der Waals surface area contributed by atoms with Gasteiger partial charge in [0.15, 0.2) is 0 Å². The van der Waals surface area contributed by atoms with Crippen LogP contribution in [0.5, 0.6) is 11.5 Å². The molecule has 0 saturated heterocycles. The van der Waals surface area contributed by atoms with Gasteiger partial charge in [-0.3, -0.25) is 4.72 Å². The first-order valence-electron chi connectivity index (χ1n) is 6.93. The third kappa shape index (κ3) is 4.75. The van der Waals surface area contributed by atoms with Crippen LogP contribution in [0.3, 0.4) is 0 Å². The lowest BCUT2D eigenvalue weighted by molar-refractivity contribution is 0.395. The van der Waals surface area contributed by atoms with E-state index in [1.165, 1.54) is 20.3 Å². The van der Waals surface area contributed by atoms with Crippen molar-refractivity contribution in [2.24, 2.45) is 0 Å². The number of hydrogen-bond acceptors (Lipinski definition) is 4. The molecule has 0 unspecified atom stereocenters. The quantitative estimate of drug-likeness (QED) is 0.880. The van der Waals surface area contributed by atoms with Crippen LogP contribution in [0.25, 0.3) is 6.08 Å². The lowest BCUT2D eigenvalue weighted by Gasteiger charge is -2.11. The van der Waals surface area contributed by atoms with Crippen molar-refractivity contribution in [2.75, 3.05) is 18.9 Å². The van der Waals surface area contributed by atoms with E-state index in [2.05, 4.69) is 4.72 Å². The molecule has 0 radical (unpaired) electrons. The van der Waals surface area contributed by atoms with Gasteiger partial charge in [0.2, 0.25) is 0 Å². The lowest BCUT2D eigenvalue weighted by Crippen LogP contribution is -2.09. The van der Waals surface area contributed by atoms with Crippen molar-refractivity contribution in [3.8, 4) is 11.5 Å². The van der Waals surface area contributed by atoms with Gasteiger partial charge in [0.05, 0.1) is 25.3 Å². The molecule has 0 spiro atoms. The largest absolute Gasteiger partial charge is 0.497 e. The van der Waals surface area contributed by atoms with E-state index in [0.717, 1.165) is 16.5 Å². The summed E-state index contributed by atoms with van der Waals surface area (Å²) in [4.78, 5) is 0. The van der Waals surface area contributed by atoms with Gasteiger partial charge in [0.1, 0.15) is 11.5 Å². The van der Waals surface area contributed by atoms with Crippen molar-refractivity contribution >= 4 is 21.8 Å². The maximum absolute atomic E-state index is 12.2. The molecule has 2 rings (SSSR count). The van der Waals surface area contributed by atoms with Gasteiger partial charge in [-0.05, 0) is 30.7 Å². The number of ether oxygens (including phenoxy) is 2. The highest BCUT2D eigenvalue weighted by atomic mass is 32.2. The summed E-state index contributed by atoms with van der Waals surface area (Å²) in [7, 11) is -0.649. The molecule has 0 aliphatic carbocycles. The van der Waals surface area contributed by atoms with E-state index >= 15 is 0 Å². The van der Waals surface area contributed by atoms with Gasteiger partial charge in [-0.25, -0.2) is 8.42 Å². The molecule has 0 atom stereocenters. The first-order valence-corrected chi connectivity index (χ1v) is 8.48. The zero-order valence-corrected chi connectivity index (χ0v) is 14.1. The first kappa shape index (κ1) is 16.9. The molecule has 0 heterocycles. The molecule has 2 aromatic carbocycles. The Balaban J connectivity index is 2.19. The Kier molecular flexibility index (Phi) is 5.28. The molecule has 2 aromatic rings. The molecular weight excluding hydrogens is 314 g/mol. The van der Waals surface area contributed by atoms with Crippen molar-refractivity contribution in [3.63, 3.8) is 0 Å². The van der Waals surface area contributed by atoms with E-state index in [-0.39, 0.29) is 0 Å². The van der Waals surface area contributed by atoms with Crippen LogP contribution in [0.4, 0.5) is 5.69 Å². The van der Waals surface area contributed by atoms with Gasteiger partial charge < -0.3 is 9.47 Å².